The second kappa shape index (κ2) is 8.92. The summed E-state index contributed by atoms with van der Waals surface area (Å²) < 4.78 is 5.29. The van der Waals surface area contributed by atoms with Crippen LogP contribution in [0.4, 0.5) is 0 Å². The summed E-state index contributed by atoms with van der Waals surface area (Å²) in [6.45, 7) is 4.98. The van der Waals surface area contributed by atoms with Crippen molar-refractivity contribution >= 4 is 11.7 Å². The van der Waals surface area contributed by atoms with E-state index in [1.165, 1.54) is 0 Å². The summed E-state index contributed by atoms with van der Waals surface area (Å²) in [7, 11) is 0. The fraction of sp³-hybridized carbons (Fsp3) is 0.261. The number of ketones is 1. The maximum absolute atomic E-state index is 13.1. The molecule has 3 heterocycles. The average molecular weight is 404 g/mol. The van der Waals surface area contributed by atoms with Gasteiger partial charge in [0.1, 0.15) is 17.1 Å². The van der Waals surface area contributed by atoms with Crippen molar-refractivity contribution in [1.82, 2.24) is 20.4 Å². The number of hydrogen-bond donors (Lipinski definition) is 2. The lowest BCUT2D eigenvalue weighted by Crippen LogP contribution is -2.36. The molecule has 0 aliphatic carbocycles. The number of rotatable bonds is 7. The van der Waals surface area contributed by atoms with Gasteiger partial charge < -0.3 is 14.8 Å². The van der Waals surface area contributed by atoms with E-state index >= 15 is 0 Å². The van der Waals surface area contributed by atoms with E-state index in [-0.39, 0.29) is 11.7 Å². The minimum absolute atomic E-state index is 0.230. The summed E-state index contributed by atoms with van der Waals surface area (Å²) in [5.74, 6) is -0.0171. The van der Waals surface area contributed by atoms with Gasteiger partial charge in [-0.1, -0.05) is 47.6 Å². The predicted molar refractivity (Wildman–Crippen MR) is 113 cm³/mol. The van der Waals surface area contributed by atoms with Gasteiger partial charge in [-0.3, -0.25) is 14.5 Å². The Morgan fingerprint density at radius 3 is 2.83 bits per heavy atom. The average Bonchev–Trinajstić information content (AvgIpc) is 3.42. The third-order valence-electron chi connectivity index (χ3n) is 5.18. The van der Waals surface area contributed by atoms with Crippen LogP contribution in [0.3, 0.4) is 0 Å². The van der Waals surface area contributed by atoms with E-state index in [4.69, 9.17) is 4.52 Å². The standard InChI is InChI=1S/C23H24N4O3/c1-16-20(21(26-30-16)17-8-4-2-5-9-17)22(28)18-14-19(25-15-18)23(29)24-10-13-27-11-6-3-7-12-27/h2-6,8-9,14-15,25H,7,10-13H2,1H3,(H,24,29). The van der Waals surface area contributed by atoms with Gasteiger partial charge >= 0.3 is 0 Å². The van der Waals surface area contributed by atoms with Crippen LogP contribution in [0.5, 0.6) is 0 Å². The highest BCUT2D eigenvalue weighted by Gasteiger charge is 2.24. The first-order valence-electron chi connectivity index (χ1n) is 10.0. The van der Waals surface area contributed by atoms with Crippen molar-refractivity contribution in [2.24, 2.45) is 0 Å². The molecule has 0 atom stereocenters. The van der Waals surface area contributed by atoms with Crippen LogP contribution >= 0.6 is 0 Å². The zero-order chi connectivity index (χ0) is 20.9. The molecule has 0 radical (unpaired) electrons. The summed E-state index contributed by atoms with van der Waals surface area (Å²) in [5, 5.41) is 6.97. The zero-order valence-corrected chi connectivity index (χ0v) is 16.9. The second-order valence-electron chi connectivity index (χ2n) is 7.28. The molecule has 2 aromatic heterocycles. The van der Waals surface area contributed by atoms with Crippen LogP contribution < -0.4 is 5.32 Å². The Morgan fingerprint density at radius 1 is 1.23 bits per heavy atom. The number of hydrogen-bond acceptors (Lipinski definition) is 5. The number of carbonyl (C=O) groups is 2. The predicted octanol–water partition coefficient (Wildman–Crippen LogP) is 3.20. The number of aromatic nitrogens is 2. The summed E-state index contributed by atoms with van der Waals surface area (Å²) in [4.78, 5) is 30.7. The SMILES string of the molecule is Cc1onc(-c2ccccc2)c1C(=O)c1c[nH]c(C(=O)NCCN2CC=CCC2)c1. The monoisotopic (exact) mass is 404 g/mol. The van der Waals surface area contributed by atoms with Crippen molar-refractivity contribution in [2.75, 3.05) is 26.2 Å². The number of aromatic amines is 1. The fourth-order valence-corrected chi connectivity index (χ4v) is 3.55. The minimum Gasteiger partial charge on any atom is -0.360 e. The molecule has 3 aromatic rings. The van der Waals surface area contributed by atoms with Gasteiger partial charge in [0.2, 0.25) is 0 Å². The van der Waals surface area contributed by atoms with E-state index in [9.17, 15) is 9.59 Å². The largest absolute Gasteiger partial charge is 0.360 e. The third-order valence-corrected chi connectivity index (χ3v) is 5.18. The van der Waals surface area contributed by atoms with Gasteiger partial charge in [-0.25, -0.2) is 0 Å². The third kappa shape index (κ3) is 4.26. The summed E-state index contributed by atoms with van der Waals surface area (Å²) in [6, 6.07) is 11.0. The van der Waals surface area contributed by atoms with E-state index in [1.54, 1.807) is 19.2 Å². The van der Waals surface area contributed by atoms with Gasteiger partial charge in [-0.15, -0.1) is 0 Å². The molecule has 0 saturated carbocycles. The van der Waals surface area contributed by atoms with Gasteiger partial charge in [0, 0.05) is 43.5 Å². The second-order valence-corrected chi connectivity index (χ2v) is 7.28. The number of carbonyl (C=O) groups excluding carboxylic acids is 2. The van der Waals surface area contributed by atoms with Crippen molar-refractivity contribution in [2.45, 2.75) is 13.3 Å². The smallest absolute Gasteiger partial charge is 0.267 e. The first-order valence-corrected chi connectivity index (χ1v) is 10.0. The Bertz CT molecular complexity index is 1070. The normalized spacial score (nSPS) is 14.0. The Hall–Kier alpha value is -3.45. The maximum atomic E-state index is 13.1. The molecule has 1 amide bonds. The molecule has 0 fully saturated rings. The Labute approximate surface area is 174 Å². The van der Waals surface area contributed by atoms with E-state index in [2.05, 4.69) is 32.5 Å². The summed E-state index contributed by atoms with van der Waals surface area (Å²) in [5.41, 5.74) is 2.46. The molecule has 30 heavy (non-hydrogen) atoms. The molecule has 4 rings (SSSR count). The van der Waals surface area contributed by atoms with Crippen LogP contribution in [0.15, 0.2) is 59.3 Å². The maximum Gasteiger partial charge on any atom is 0.267 e. The van der Waals surface area contributed by atoms with Gasteiger partial charge in [-0.2, -0.15) is 0 Å². The first kappa shape index (κ1) is 19.8. The van der Waals surface area contributed by atoms with Crippen molar-refractivity contribution in [3.05, 3.63) is 77.3 Å². The van der Waals surface area contributed by atoms with E-state index < -0.39 is 0 Å². The van der Waals surface area contributed by atoms with Crippen LogP contribution in [-0.2, 0) is 0 Å². The Balaban J connectivity index is 1.44. The minimum atomic E-state index is -0.233. The molecule has 7 heteroatoms. The van der Waals surface area contributed by atoms with Crippen molar-refractivity contribution in [3.63, 3.8) is 0 Å². The van der Waals surface area contributed by atoms with E-state index in [0.717, 1.165) is 31.6 Å². The summed E-state index contributed by atoms with van der Waals surface area (Å²) in [6.07, 6.45) is 6.91. The number of H-pyrrole nitrogens is 1. The molecule has 1 aliphatic heterocycles. The van der Waals surface area contributed by atoms with Crippen LogP contribution in [0.2, 0.25) is 0 Å². The zero-order valence-electron chi connectivity index (χ0n) is 16.9. The molecule has 0 saturated heterocycles. The lowest BCUT2D eigenvalue weighted by atomic mass is 9.99. The quantitative estimate of drug-likeness (QED) is 0.466. The molecule has 0 unspecified atom stereocenters. The van der Waals surface area contributed by atoms with Gasteiger partial charge in [0.15, 0.2) is 5.78 Å². The number of nitrogens with one attached hydrogen (secondary N) is 2. The lowest BCUT2D eigenvalue weighted by Gasteiger charge is -2.22. The molecular weight excluding hydrogens is 380 g/mol. The topological polar surface area (TPSA) is 91.2 Å². The lowest BCUT2D eigenvalue weighted by molar-refractivity contribution is 0.0944. The molecular formula is C23H24N4O3. The highest BCUT2D eigenvalue weighted by atomic mass is 16.5. The van der Waals surface area contributed by atoms with Gasteiger partial charge in [0.25, 0.3) is 5.91 Å². The highest BCUT2D eigenvalue weighted by Crippen LogP contribution is 2.27. The van der Waals surface area contributed by atoms with Crippen molar-refractivity contribution in [3.8, 4) is 11.3 Å². The molecule has 1 aliphatic rings. The molecule has 2 N–H and O–H groups in total. The van der Waals surface area contributed by atoms with E-state index in [0.29, 0.717) is 34.8 Å². The number of benzene rings is 1. The molecule has 7 nitrogen and oxygen atoms in total. The van der Waals surface area contributed by atoms with Crippen molar-refractivity contribution < 1.29 is 14.1 Å². The van der Waals surface area contributed by atoms with Crippen LogP contribution in [-0.4, -0.2) is 52.9 Å². The van der Waals surface area contributed by atoms with Crippen LogP contribution in [0, 0.1) is 6.92 Å². The molecule has 1 aromatic carbocycles. The van der Waals surface area contributed by atoms with Crippen molar-refractivity contribution in [1.29, 1.82) is 0 Å². The molecule has 154 valence electrons. The number of aryl methyl sites for hydroxylation is 1. The fourth-order valence-electron chi connectivity index (χ4n) is 3.55. The summed E-state index contributed by atoms with van der Waals surface area (Å²) >= 11 is 0. The Morgan fingerprint density at radius 2 is 2.07 bits per heavy atom. The van der Waals surface area contributed by atoms with E-state index in [1.807, 2.05) is 30.3 Å². The number of amides is 1. The first-order chi connectivity index (χ1) is 14.6. The Kier molecular flexibility index (Phi) is 5.90. The van der Waals surface area contributed by atoms with Crippen LogP contribution in [0.1, 0.15) is 38.6 Å². The van der Waals surface area contributed by atoms with Crippen LogP contribution in [0.25, 0.3) is 11.3 Å². The molecule has 0 bridgehead atoms. The molecule has 0 spiro atoms. The highest BCUT2D eigenvalue weighted by molar-refractivity contribution is 6.13. The van der Waals surface area contributed by atoms with Gasteiger partial charge in [-0.05, 0) is 19.4 Å². The number of nitrogens with zero attached hydrogens (tertiary/aromatic N) is 2. The van der Waals surface area contributed by atoms with Gasteiger partial charge in [0.05, 0.1) is 5.56 Å².